The van der Waals surface area contributed by atoms with Gasteiger partial charge in [0.15, 0.2) is 0 Å². The van der Waals surface area contributed by atoms with E-state index >= 15 is 0 Å². The van der Waals surface area contributed by atoms with Crippen LogP contribution >= 0.6 is 11.6 Å². The van der Waals surface area contributed by atoms with Gasteiger partial charge in [0.2, 0.25) is 5.91 Å². The summed E-state index contributed by atoms with van der Waals surface area (Å²) in [5, 5.41) is 5.94. The highest BCUT2D eigenvalue weighted by Gasteiger charge is 2.28. The summed E-state index contributed by atoms with van der Waals surface area (Å²) in [5.41, 5.74) is 2.44. The lowest BCUT2D eigenvalue weighted by atomic mass is 10.1. The molecular formula is C26H28ClN3O4S. The first-order chi connectivity index (χ1) is 16.6. The summed E-state index contributed by atoms with van der Waals surface area (Å²) >= 11 is 6.08. The molecule has 0 fully saturated rings. The Kier molecular flexibility index (Phi) is 8.53. The first kappa shape index (κ1) is 26.2. The fourth-order valence-corrected chi connectivity index (χ4v) is 5.19. The quantitative estimate of drug-likeness (QED) is 0.424. The molecule has 0 aliphatic heterocycles. The molecule has 0 radical (unpaired) electrons. The zero-order valence-electron chi connectivity index (χ0n) is 19.8. The molecule has 184 valence electrons. The van der Waals surface area contributed by atoms with Crippen molar-refractivity contribution in [2.24, 2.45) is 0 Å². The Bertz CT molecular complexity index is 1320. The second-order valence-corrected chi connectivity index (χ2v) is 10.4. The lowest BCUT2D eigenvalue weighted by molar-refractivity contribution is -0.114. The van der Waals surface area contributed by atoms with Gasteiger partial charge >= 0.3 is 0 Å². The highest BCUT2D eigenvalue weighted by Crippen LogP contribution is 2.29. The van der Waals surface area contributed by atoms with Crippen molar-refractivity contribution < 1.29 is 18.0 Å². The monoisotopic (exact) mass is 513 g/mol. The summed E-state index contributed by atoms with van der Waals surface area (Å²) in [6.07, 6.45) is 0.770. The summed E-state index contributed by atoms with van der Waals surface area (Å²) < 4.78 is 28.3. The predicted octanol–water partition coefficient (Wildman–Crippen LogP) is 4.93. The molecule has 3 aromatic rings. The third-order valence-corrected chi connectivity index (χ3v) is 7.31. The topological polar surface area (TPSA) is 95.6 Å². The van der Waals surface area contributed by atoms with E-state index < -0.39 is 22.5 Å². The van der Waals surface area contributed by atoms with Crippen LogP contribution in [0.2, 0.25) is 5.02 Å². The van der Waals surface area contributed by atoms with Gasteiger partial charge in [-0.2, -0.15) is 0 Å². The van der Waals surface area contributed by atoms with E-state index in [1.54, 1.807) is 61.5 Å². The molecule has 0 aliphatic rings. The van der Waals surface area contributed by atoms with Gasteiger partial charge in [-0.05, 0) is 68.3 Å². The van der Waals surface area contributed by atoms with Crippen LogP contribution in [0.15, 0.2) is 71.6 Å². The van der Waals surface area contributed by atoms with Crippen LogP contribution < -0.4 is 14.9 Å². The molecule has 9 heteroatoms. The van der Waals surface area contributed by atoms with Crippen LogP contribution in [0.1, 0.15) is 34.8 Å². The van der Waals surface area contributed by atoms with Gasteiger partial charge in [0, 0.05) is 11.6 Å². The molecule has 2 amide bonds. The number of aryl methyl sites for hydroxylation is 2. The van der Waals surface area contributed by atoms with Gasteiger partial charge in [0.1, 0.15) is 6.54 Å². The summed E-state index contributed by atoms with van der Waals surface area (Å²) in [7, 11) is -4.08. The first-order valence-electron chi connectivity index (χ1n) is 11.2. The number of carbonyl (C=O) groups excluding carboxylic acids is 2. The van der Waals surface area contributed by atoms with Gasteiger partial charge in [-0.3, -0.25) is 13.9 Å². The van der Waals surface area contributed by atoms with Crippen molar-refractivity contribution in [3.05, 3.63) is 88.4 Å². The SMILES string of the molecule is CCCNC(=O)c1ccccc1NC(=O)CN(c1ccc(Cl)cc1C)S(=O)(=O)c1ccc(C)cc1. The minimum Gasteiger partial charge on any atom is -0.352 e. The lowest BCUT2D eigenvalue weighted by Crippen LogP contribution is -2.39. The smallest absolute Gasteiger partial charge is 0.264 e. The summed E-state index contributed by atoms with van der Waals surface area (Å²) in [5.74, 6) is -0.911. The second kappa shape index (κ2) is 11.4. The minimum atomic E-state index is -4.08. The first-order valence-corrected chi connectivity index (χ1v) is 13.0. The fourth-order valence-electron chi connectivity index (χ4n) is 3.48. The van der Waals surface area contributed by atoms with Gasteiger partial charge in [0.25, 0.3) is 15.9 Å². The minimum absolute atomic E-state index is 0.0598. The number of nitrogens with one attached hydrogen (secondary N) is 2. The number of benzene rings is 3. The van der Waals surface area contributed by atoms with Crippen LogP contribution in [0.5, 0.6) is 0 Å². The number of anilines is 2. The molecule has 0 saturated carbocycles. The van der Waals surface area contributed by atoms with E-state index in [9.17, 15) is 18.0 Å². The number of amides is 2. The number of hydrogen-bond acceptors (Lipinski definition) is 4. The van der Waals surface area contributed by atoms with Crippen LogP contribution in [-0.4, -0.2) is 33.3 Å². The maximum atomic E-state index is 13.6. The number of para-hydroxylation sites is 1. The summed E-state index contributed by atoms with van der Waals surface area (Å²) in [6.45, 7) is 5.53. The molecule has 0 bridgehead atoms. The molecule has 3 aromatic carbocycles. The number of hydrogen-bond donors (Lipinski definition) is 2. The fraction of sp³-hybridized carbons (Fsp3) is 0.231. The van der Waals surface area contributed by atoms with E-state index in [2.05, 4.69) is 10.6 Å². The van der Waals surface area contributed by atoms with E-state index in [1.807, 2.05) is 13.8 Å². The van der Waals surface area contributed by atoms with Crippen LogP contribution in [0.3, 0.4) is 0 Å². The third-order valence-electron chi connectivity index (χ3n) is 5.31. The summed E-state index contributed by atoms with van der Waals surface area (Å²) in [6, 6.07) is 17.8. The van der Waals surface area contributed by atoms with E-state index in [-0.39, 0.29) is 10.8 Å². The largest absolute Gasteiger partial charge is 0.352 e. The Balaban J connectivity index is 1.95. The van der Waals surface area contributed by atoms with Gasteiger partial charge in [-0.1, -0.05) is 48.4 Å². The molecule has 0 spiro atoms. The van der Waals surface area contributed by atoms with Crippen LogP contribution in [0.4, 0.5) is 11.4 Å². The molecule has 3 rings (SSSR count). The van der Waals surface area contributed by atoms with Gasteiger partial charge in [0.05, 0.1) is 21.8 Å². The molecule has 35 heavy (non-hydrogen) atoms. The standard InChI is InChI=1S/C26H28ClN3O4S/c1-4-15-28-26(32)22-7-5-6-8-23(22)29-25(31)17-30(24-14-11-20(27)16-19(24)3)35(33,34)21-12-9-18(2)10-13-21/h5-14,16H,4,15,17H2,1-3H3,(H,28,32)(H,29,31). The lowest BCUT2D eigenvalue weighted by Gasteiger charge is -2.26. The molecule has 0 atom stereocenters. The van der Waals surface area contributed by atoms with Gasteiger partial charge < -0.3 is 10.6 Å². The van der Waals surface area contributed by atoms with Crippen molar-refractivity contribution in [3.8, 4) is 0 Å². The molecule has 0 saturated heterocycles. The molecule has 0 aliphatic carbocycles. The van der Waals surface area contributed by atoms with E-state index in [0.29, 0.717) is 34.1 Å². The van der Waals surface area contributed by atoms with Crippen molar-refractivity contribution in [1.82, 2.24) is 5.32 Å². The predicted molar refractivity (Wildman–Crippen MR) is 140 cm³/mol. The Morgan fingerprint density at radius 3 is 2.31 bits per heavy atom. The average Bonchev–Trinajstić information content (AvgIpc) is 2.82. The normalized spacial score (nSPS) is 11.1. The number of nitrogens with zero attached hydrogens (tertiary/aromatic N) is 1. The maximum absolute atomic E-state index is 13.6. The number of rotatable bonds is 9. The van der Waals surface area contributed by atoms with E-state index in [0.717, 1.165) is 16.3 Å². The zero-order chi connectivity index (χ0) is 25.6. The van der Waals surface area contributed by atoms with Crippen molar-refractivity contribution in [2.45, 2.75) is 32.1 Å². The van der Waals surface area contributed by atoms with Crippen molar-refractivity contribution in [3.63, 3.8) is 0 Å². The van der Waals surface area contributed by atoms with Gasteiger partial charge in [-0.15, -0.1) is 0 Å². The molecule has 7 nitrogen and oxygen atoms in total. The van der Waals surface area contributed by atoms with Crippen molar-refractivity contribution in [1.29, 1.82) is 0 Å². The highest BCUT2D eigenvalue weighted by atomic mass is 35.5. The van der Waals surface area contributed by atoms with Crippen molar-refractivity contribution in [2.75, 3.05) is 22.7 Å². The summed E-state index contributed by atoms with van der Waals surface area (Å²) in [4.78, 5) is 25.7. The number of halogens is 1. The molecule has 0 aromatic heterocycles. The molecule has 0 heterocycles. The molecular weight excluding hydrogens is 486 g/mol. The second-order valence-electron chi connectivity index (χ2n) is 8.11. The Hall–Kier alpha value is -3.36. The Morgan fingerprint density at radius 2 is 1.66 bits per heavy atom. The van der Waals surface area contributed by atoms with Crippen LogP contribution in [0.25, 0.3) is 0 Å². The number of carbonyl (C=O) groups is 2. The maximum Gasteiger partial charge on any atom is 0.264 e. The van der Waals surface area contributed by atoms with E-state index in [1.165, 1.54) is 12.1 Å². The molecule has 2 N–H and O–H groups in total. The van der Waals surface area contributed by atoms with Crippen LogP contribution in [0, 0.1) is 13.8 Å². The Morgan fingerprint density at radius 1 is 0.971 bits per heavy atom. The van der Waals surface area contributed by atoms with Crippen molar-refractivity contribution >= 4 is 44.8 Å². The zero-order valence-corrected chi connectivity index (χ0v) is 21.4. The van der Waals surface area contributed by atoms with Crippen LogP contribution in [-0.2, 0) is 14.8 Å². The third kappa shape index (κ3) is 6.41. The van der Waals surface area contributed by atoms with Gasteiger partial charge in [-0.25, -0.2) is 8.42 Å². The average molecular weight is 514 g/mol. The highest BCUT2D eigenvalue weighted by molar-refractivity contribution is 7.92. The number of sulfonamides is 1. The molecule has 0 unspecified atom stereocenters. The Labute approximate surface area is 211 Å². The van der Waals surface area contributed by atoms with E-state index in [4.69, 9.17) is 11.6 Å².